The van der Waals surface area contributed by atoms with Crippen molar-refractivity contribution in [3.8, 4) is 0 Å². The number of carbonyl (C=O) groups is 1. The van der Waals surface area contributed by atoms with E-state index in [1.54, 1.807) is 0 Å². The van der Waals surface area contributed by atoms with Crippen molar-refractivity contribution in [2.24, 2.45) is 16.8 Å². The van der Waals surface area contributed by atoms with Crippen LogP contribution in [-0.2, 0) is 4.79 Å². The standard InChI is InChI=1S/C22H27F3N4O2/c1-11(2)21-27-12(3)8-16(28-21)29-6-4-13(5-7-29)19-17-14(10-26-19)9-15(30)20(31)18(17)22(23,24)25/h8,11,13,18,20,31H,4-7,9-10H2,1-3H3/t18-,20-/m1/s1. The van der Waals surface area contributed by atoms with Gasteiger partial charge < -0.3 is 10.0 Å². The molecule has 9 heteroatoms. The van der Waals surface area contributed by atoms with Crippen LogP contribution in [0.25, 0.3) is 0 Å². The molecule has 3 aliphatic rings. The molecule has 0 amide bonds. The zero-order valence-electron chi connectivity index (χ0n) is 17.9. The number of aromatic nitrogens is 2. The van der Waals surface area contributed by atoms with Crippen LogP contribution in [0.4, 0.5) is 19.0 Å². The van der Waals surface area contributed by atoms with E-state index in [-0.39, 0.29) is 30.4 Å². The number of ketones is 1. The maximum Gasteiger partial charge on any atom is 0.398 e. The molecule has 1 aromatic heterocycles. The minimum atomic E-state index is -4.69. The van der Waals surface area contributed by atoms with Gasteiger partial charge in [0, 0.05) is 48.8 Å². The van der Waals surface area contributed by atoms with Crippen LogP contribution < -0.4 is 4.90 Å². The lowest BCUT2D eigenvalue weighted by molar-refractivity contribution is -0.190. The molecule has 1 aromatic rings. The van der Waals surface area contributed by atoms with Gasteiger partial charge in [0.2, 0.25) is 0 Å². The van der Waals surface area contributed by atoms with Gasteiger partial charge in [0.05, 0.1) is 6.54 Å². The molecule has 1 N–H and O–H groups in total. The molecule has 0 aromatic carbocycles. The Morgan fingerprint density at radius 3 is 2.48 bits per heavy atom. The molecule has 1 fully saturated rings. The van der Waals surface area contributed by atoms with E-state index in [1.165, 1.54) is 0 Å². The monoisotopic (exact) mass is 436 g/mol. The third-order valence-electron chi connectivity index (χ3n) is 6.37. The largest absolute Gasteiger partial charge is 0.398 e. The number of hydrogen-bond acceptors (Lipinski definition) is 6. The van der Waals surface area contributed by atoms with E-state index >= 15 is 0 Å². The van der Waals surface area contributed by atoms with Gasteiger partial charge in [-0.05, 0) is 30.9 Å². The first-order chi connectivity index (χ1) is 14.6. The predicted octanol–water partition coefficient (Wildman–Crippen LogP) is 3.39. The topological polar surface area (TPSA) is 78.7 Å². The van der Waals surface area contributed by atoms with Gasteiger partial charge in [-0.15, -0.1) is 0 Å². The van der Waals surface area contributed by atoms with Crippen LogP contribution in [0.3, 0.4) is 0 Å². The first kappa shape index (κ1) is 21.9. The van der Waals surface area contributed by atoms with Crippen LogP contribution >= 0.6 is 0 Å². The van der Waals surface area contributed by atoms with E-state index < -0.39 is 24.0 Å². The average Bonchev–Trinajstić information content (AvgIpc) is 3.10. The van der Waals surface area contributed by atoms with Gasteiger partial charge >= 0.3 is 6.18 Å². The normalized spacial score (nSPS) is 25.4. The zero-order valence-corrected chi connectivity index (χ0v) is 17.9. The minimum Gasteiger partial charge on any atom is -0.384 e. The van der Waals surface area contributed by atoms with Gasteiger partial charge in [-0.3, -0.25) is 9.79 Å². The summed E-state index contributed by atoms with van der Waals surface area (Å²) in [6, 6.07) is 1.93. The van der Waals surface area contributed by atoms with E-state index in [9.17, 15) is 23.1 Å². The van der Waals surface area contributed by atoms with Crippen LogP contribution in [0.15, 0.2) is 22.2 Å². The molecule has 168 valence electrons. The molecule has 0 saturated carbocycles. The maximum absolute atomic E-state index is 13.7. The number of alkyl halides is 3. The van der Waals surface area contributed by atoms with Crippen molar-refractivity contribution < 1.29 is 23.1 Å². The number of aliphatic hydroxyl groups is 1. The predicted molar refractivity (Wildman–Crippen MR) is 110 cm³/mol. The molecule has 31 heavy (non-hydrogen) atoms. The summed E-state index contributed by atoms with van der Waals surface area (Å²) in [4.78, 5) is 27.6. The number of carbonyl (C=O) groups excluding carboxylic acids is 1. The van der Waals surface area contributed by atoms with E-state index in [0.717, 1.165) is 17.3 Å². The number of rotatable bonds is 3. The van der Waals surface area contributed by atoms with Crippen LogP contribution in [0.1, 0.15) is 50.5 Å². The molecule has 4 rings (SSSR count). The van der Waals surface area contributed by atoms with E-state index in [1.807, 2.05) is 26.8 Å². The van der Waals surface area contributed by atoms with Gasteiger partial charge in [-0.1, -0.05) is 13.8 Å². The molecular weight excluding hydrogens is 409 g/mol. The lowest BCUT2D eigenvalue weighted by atomic mass is 9.74. The van der Waals surface area contributed by atoms with Gasteiger partial charge in [-0.25, -0.2) is 9.97 Å². The highest BCUT2D eigenvalue weighted by Crippen LogP contribution is 2.45. The minimum absolute atomic E-state index is 0.0676. The average molecular weight is 436 g/mol. The van der Waals surface area contributed by atoms with E-state index in [0.29, 0.717) is 37.2 Å². The first-order valence-corrected chi connectivity index (χ1v) is 10.7. The van der Waals surface area contributed by atoms with Crippen molar-refractivity contribution in [2.45, 2.75) is 58.2 Å². The molecule has 0 bridgehead atoms. The number of anilines is 1. The molecule has 2 atom stereocenters. The smallest absolute Gasteiger partial charge is 0.384 e. The summed E-state index contributed by atoms with van der Waals surface area (Å²) in [7, 11) is 0. The fourth-order valence-electron chi connectivity index (χ4n) is 4.79. The lowest BCUT2D eigenvalue weighted by Gasteiger charge is -2.36. The van der Waals surface area contributed by atoms with Gasteiger partial charge in [0.25, 0.3) is 0 Å². The number of aliphatic hydroxyl groups excluding tert-OH is 1. The fraction of sp³-hybridized carbons (Fsp3) is 0.636. The Kier molecular flexibility index (Phi) is 5.66. The molecule has 0 radical (unpaired) electrons. The number of Topliss-reactive ketones (excluding diaryl/α,β-unsaturated/α-hetero) is 1. The SMILES string of the molecule is Cc1cc(N2CCC(C3=NCC4=C3[C@@H](C(F)(F)F)[C@H](O)C(=O)C4)CC2)nc(C(C)C)n1. The molecule has 6 nitrogen and oxygen atoms in total. The van der Waals surface area contributed by atoms with E-state index in [4.69, 9.17) is 0 Å². The van der Waals surface area contributed by atoms with Gasteiger partial charge in [-0.2, -0.15) is 13.2 Å². The number of aliphatic imine (C=N–C) groups is 1. The summed E-state index contributed by atoms with van der Waals surface area (Å²) in [5.41, 5.74) is 1.81. The highest BCUT2D eigenvalue weighted by atomic mass is 19.4. The van der Waals surface area contributed by atoms with Gasteiger partial charge in [0.15, 0.2) is 5.78 Å². The van der Waals surface area contributed by atoms with E-state index in [2.05, 4.69) is 19.9 Å². The van der Waals surface area contributed by atoms with Gasteiger partial charge in [0.1, 0.15) is 23.7 Å². The molecule has 0 unspecified atom stereocenters. The lowest BCUT2D eigenvalue weighted by Crippen LogP contribution is -2.46. The third-order valence-corrected chi connectivity index (χ3v) is 6.37. The second-order valence-corrected chi connectivity index (χ2v) is 8.97. The second kappa shape index (κ2) is 8.00. The second-order valence-electron chi connectivity index (χ2n) is 8.97. The Bertz CT molecular complexity index is 947. The Morgan fingerprint density at radius 1 is 1.19 bits per heavy atom. The number of aryl methyl sites for hydroxylation is 1. The van der Waals surface area contributed by atoms with Crippen LogP contribution in [-0.4, -0.2) is 58.5 Å². The summed E-state index contributed by atoms with van der Waals surface area (Å²) in [5.74, 6) is -1.24. The molecule has 1 saturated heterocycles. The molecule has 1 aliphatic carbocycles. The molecule has 3 heterocycles. The Labute approximate surface area is 179 Å². The van der Waals surface area contributed by atoms with Crippen molar-refractivity contribution in [2.75, 3.05) is 24.5 Å². The summed E-state index contributed by atoms with van der Waals surface area (Å²) in [5, 5.41) is 10.0. The van der Waals surface area contributed by atoms with Crippen molar-refractivity contribution in [1.29, 1.82) is 0 Å². The number of piperidine rings is 1. The number of halogens is 3. The zero-order chi connectivity index (χ0) is 22.5. The molecular formula is C22H27F3N4O2. The van der Waals surface area contributed by atoms with Crippen molar-refractivity contribution in [3.63, 3.8) is 0 Å². The summed E-state index contributed by atoms with van der Waals surface area (Å²) in [6.45, 7) is 7.43. The highest BCUT2D eigenvalue weighted by Gasteiger charge is 2.54. The Balaban J connectivity index is 1.53. The fourth-order valence-corrected chi connectivity index (χ4v) is 4.79. The van der Waals surface area contributed by atoms with Crippen LogP contribution in [0.5, 0.6) is 0 Å². The van der Waals surface area contributed by atoms with Crippen molar-refractivity contribution in [1.82, 2.24) is 9.97 Å². The Morgan fingerprint density at radius 2 is 1.87 bits per heavy atom. The third kappa shape index (κ3) is 4.12. The number of nitrogens with zero attached hydrogens (tertiary/aromatic N) is 4. The number of hydrogen-bond donors (Lipinski definition) is 1. The summed E-state index contributed by atoms with van der Waals surface area (Å²) in [6.07, 6.45) is -5.59. The quantitative estimate of drug-likeness (QED) is 0.786. The van der Waals surface area contributed by atoms with Crippen LogP contribution in [0.2, 0.25) is 0 Å². The summed E-state index contributed by atoms with van der Waals surface area (Å²) >= 11 is 0. The van der Waals surface area contributed by atoms with Crippen LogP contribution in [0, 0.1) is 18.8 Å². The highest BCUT2D eigenvalue weighted by molar-refractivity contribution is 6.08. The molecule has 0 spiro atoms. The Hall–Kier alpha value is -2.29. The first-order valence-electron chi connectivity index (χ1n) is 10.7. The van der Waals surface area contributed by atoms with Crippen molar-refractivity contribution >= 4 is 17.3 Å². The maximum atomic E-state index is 13.7. The summed E-state index contributed by atoms with van der Waals surface area (Å²) < 4.78 is 41.2. The molecule has 2 aliphatic heterocycles. The van der Waals surface area contributed by atoms with Crippen molar-refractivity contribution in [3.05, 3.63) is 28.7 Å².